The standard InChI is InChI=1S/C19H25Cl2N5O2S/c1-2-4-13(16-7-6-14(20)9-17(16)21)10-22-18(27)12-29-19-23-24-25-26(19)11-15-5-3-8-28-15/h6-7,9,13,15H,2-5,8,10-12H2,1H3,(H,22,27)/t13-,15+/m0/s1. The Hall–Kier alpha value is -1.35. The van der Waals surface area contributed by atoms with Gasteiger partial charge in [-0.15, -0.1) is 5.10 Å². The van der Waals surface area contributed by atoms with Crippen LogP contribution in [0.15, 0.2) is 23.4 Å². The highest BCUT2D eigenvalue weighted by molar-refractivity contribution is 7.99. The lowest BCUT2D eigenvalue weighted by Gasteiger charge is -2.19. The molecule has 3 rings (SSSR count). The molecule has 0 spiro atoms. The van der Waals surface area contributed by atoms with Crippen LogP contribution in [0, 0.1) is 0 Å². The Balaban J connectivity index is 1.50. The highest BCUT2D eigenvalue weighted by Gasteiger charge is 2.20. The third-order valence-corrected chi connectivity index (χ3v) is 6.34. The van der Waals surface area contributed by atoms with Crippen molar-refractivity contribution in [3.63, 3.8) is 0 Å². The number of carbonyl (C=O) groups is 1. The van der Waals surface area contributed by atoms with Crippen molar-refractivity contribution < 1.29 is 9.53 Å². The molecule has 1 aliphatic rings. The number of tetrazole rings is 1. The molecule has 0 unspecified atom stereocenters. The van der Waals surface area contributed by atoms with E-state index in [-0.39, 0.29) is 23.7 Å². The SMILES string of the molecule is CCC[C@@H](CNC(=O)CSc1nnnn1C[C@H]1CCCO1)c1ccc(Cl)cc1Cl. The number of aromatic nitrogens is 4. The number of amides is 1. The van der Waals surface area contributed by atoms with Gasteiger partial charge in [0.05, 0.1) is 18.4 Å². The zero-order chi connectivity index (χ0) is 20.6. The molecule has 7 nitrogen and oxygen atoms in total. The van der Waals surface area contributed by atoms with E-state index in [1.807, 2.05) is 12.1 Å². The van der Waals surface area contributed by atoms with Crippen LogP contribution < -0.4 is 5.32 Å². The van der Waals surface area contributed by atoms with E-state index < -0.39 is 0 Å². The van der Waals surface area contributed by atoms with Gasteiger partial charge in [0.1, 0.15) is 0 Å². The van der Waals surface area contributed by atoms with Crippen LogP contribution >= 0.6 is 35.0 Å². The fourth-order valence-corrected chi connectivity index (χ4v) is 4.64. The van der Waals surface area contributed by atoms with Gasteiger partial charge in [-0.25, -0.2) is 4.68 Å². The van der Waals surface area contributed by atoms with Crippen LogP contribution in [0.25, 0.3) is 0 Å². The minimum atomic E-state index is -0.0622. The van der Waals surface area contributed by atoms with Crippen LogP contribution in [-0.2, 0) is 16.1 Å². The first-order chi connectivity index (χ1) is 14.1. The minimum absolute atomic E-state index is 0.0622. The number of halogens is 2. The predicted octanol–water partition coefficient (Wildman–Crippen LogP) is 3.95. The van der Waals surface area contributed by atoms with Crippen molar-refractivity contribution in [2.75, 3.05) is 18.9 Å². The Kier molecular flexibility index (Phi) is 8.59. The first-order valence-corrected chi connectivity index (χ1v) is 11.5. The molecule has 2 aromatic rings. The molecule has 0 saturated carbocycles. The van der Waals surface area contributed by atoms with Crippen molar-refractivity contribution >= 4 is 40.9 Å². The summed E-state index contributed by atoms with van der Waals surface area (Å²) >= 11 is 13.7. The van der Waals surface area contributed by atoms with Crippen molar-refractivity contribution in [2.24, 2.45) is 0 Å². The first kappa shape index (κ1) is 22.3. The highest BCUT2D eigenvalue weighted by Crippen LogP contribution is 2.30. The molecule has 1 N–H and O–H groups in total. The number of hydrogen-bond acceptors (Lipinski definition) is 6. The summed E-state index contributed by atoms with van der Waals surface area (Å²) in [5.74, 6) is 0.329. The molecule has 1 aliphatic heterocycles. The number of nitrogens with zero attached hydrogens (tertiary/aromatic N) is 4. The van der Waals surface area contributed by atoms with E-state index in [9.17, 15) is 4.79 Å². The number of ether oxygens (including phenoxy) is 1. The van der Waals surface area contributed by atoms with E-state index in [4.69, 9.17) is 27.9 Å². The van der Waals surface area contributed by atoms with Gasteiger partial charge in [0.2, 0.25) is 11.1 Å². The lowest BCUT2D eigenvalue weighted by molar-refractivity contribution is -0.118. The summed E-state index contributed by atoms with van der Waals surface area (Å²) in [5, 5.41) is 16.6. The van der Waals surface area contributed by atoms with E-state index in [1.54, 1.807) is 10.7 Å². The van der Waals surface area contributed by atoms with Gasteiger partial charge in [-0.2, -0.15) is 0 Å². The monoisotopic (exact) mass is 457 g/mol. The van der Waals surface area contributed by atoms with Gasteiger partial charge in [0.25, 0.3) is 0 Å². The van der Waals surface area contributed by atoms with Gasteiger partial charge < -0.3 is 10.1 Å². The van der Waals surface area contributed by atoms with Crippen molar-refractivity contribution in [1.82, 2.24) is 25.5 Å². The van der Waals surface area contributed by atoms with Gasteiger partial charge in [0.15, 0.2) is 0 Å². The van der Waals surface area contributed by atoms with E-state index in [1.165, 1.54) is 11.8 Å². The molecule has 158 valence electrons. The van der Waals surface area contributed by atoms with Crippen LogP contribution in [0.5, 0.6) is 0 Å². The Morgan fingerprint density at radius 1 is 1.45 bits per heavy atom. The van der Waals surface area contributed by atoms with Gasteiger partial charge in [-0.05, 0) is 47.4 Å². The second-order valence-corrected chi connectivity index (χ2v) is 8.81. The summed E-state index contributed by atoms with van der Waals surface area (Å²) in [6, 6.07) is 5.51. The maximum Gasteiger partial charge on any atom is 0.230 e. The summed E-state index contributed by atoms with van der Waals surface area (Å²) < 4.78 is 7.34. The molecule has 0 bridgehead atoms. The number of nitrogens with one attached hydrogen (secondary N) is 1. The molecular formula is C19H25Cl2N5O2S. The quantitative estimate of drug-likeness (QED) is 0.543. The number of rotatable bonds is 10. The Morgan fingerprint density at radius 2 is 2.31 bits per heavy atom. The fourth-order valence-electron chi connectivity index (χ4n) is 3.36. The summed E-state index contributed by atoms with van der Waals surface area (Å²) in [6.45, 7) is 4.04. The summed E-state index contributed by atoms with van der Waals surface area (Å²) in [4.78, 5) is 12.4. The molecular weight excluding hydrogens is 433 g/mol. The van der Waals surface area contributed by atoms with Crippen LogP contribution in [0.2, 0.25) is 10.0 Å². The second kappa shape index (κ2) is 11.2. The number of benzene rings is 1. The average Bonchev–Trinajstić information content (AvgIpc) is 3.36. The maximum atomic E-state index is 12.4. The summed E-state index contributed by atoms with van der Waals surface area (Å²) in [7, 11) is 0. The second-order valence-electron chi connectivity index (χ2n) is 7.02. The molecule has 2 heterocycles. The Labute approximate surface area is 184 Å². The zero-order valence-corrected chi connectivity index (χ0v) is 18.6. The van der Waals surface area contributed by atoms with E-state index in [2.05, 4.69) is 27.8 Å². The molecule has 10 heteroatoms. The number of thioether (sulfide) groups is 1. The van der Waals surface area contributed by atoms with Crippen molar-refractivity contribution in [2.45, 2.75) is 56.3 Å². The molecule has 0 radical (unpaired) electrons. The predicted molar refractivity (Wildman–Crippen MR) is 115 cm³/mol. The topological polar surface area (TPSA) is 81.9 Å². The molecule has 0 aliphatic carbocycles. The minimum Gasteiger partial charge on any atom is -0.376 e. The number of hydrogen-bond donors (Lipinski definition) is 1. The third kappa shape index (κ3) is 6.57. The fraction of sp³-hybridized carbons (Fsp3) is 0.579. The molecule has 1 saturated heterocycles. The lowest BCUT2D eigenvalue weighted by atomic mass is 9.94. The van der Waals surface area contributed by atoms with Crippen molar-refractivity contribution in [3.8, 4) is 0 Å². The molecule has 1 aromatic carbocycles. The van der Waals surface area contributed by atoms with Crippen LogP contribution in [0.1, 0.15) is 44.1 Å². The van der Waals surface area contributed by atoms with Gasteiger partial charge in [-0.3, -0.25) is 4.79 Å². The van der Waals surface area contributed by atoms with Gasteiger partial charge in [-0.1, -0.05) is 54.4 Å². The number of carbonyl (C=O) groups excluding carboxylic acids is 1. The van der Waals surface area contributed by atoms with E-state index >= 15 is 0 Å². The van der Waals surface area contributed by atoms with E-state index in [0.717, 1.165) is 37.9 Å². The van der Waals surface area contributed by atoms with Gasteiger partial charge >= 0.3 is 0 Å². The van der Waals surface area contributed by atoms with Crippen molar-refractivity contribution in [3.05, 3.63) is 33.8 Å². The molecule has 1 amide bonds. The molecule has 2 atom stereocenters. The Bertz CT molecular complexity index is 814. The van der Waals surface area contributed by atoms with Gasteiger partial charge in [0, 0.05) is 29.1 Å². The van der Waals surface area contributed by atoms with Crippen LogP contribution in [0.4, 0.5) is 0 Å². The highest BCUT2D eigenvalue weighted by atomic mass is 35.5. The Morgan fingerprint density at radius 3 is 3.03 bits per heavy atom. The summed E-state index contributed by atoms with van der Waals surface area (Å²) in [6.07, 6.45) is 4.14. The molecule has 1 fully saturated rings. The maximum absolute atomic E-state index is 12.4. The molecule has 29 heavy (non-hydrogen) atoms. The zero-order valence-electron chi connectivity index (χ0n) is 16.3. The normalized spacial score (nSPS) is 17.4. The summed E-state index contributed by atoms with van der Waals surface area (Å²) in [5.41, 5.74) is 1.01. The average molecular weight is 458 g/mol. The van der Waals surface area contributed by atoms with Crippen LogP contribution in [0.3, 0.4) is 0 Å². The van der Waals surface area contributed by atoms with E-state index in [0.29, 0.717) is 28.3 Å². The largest absolute Gasteiger partial charge is 0.376 e. The third-order valence-electron chi connectivity index (χ3n) is 4.82. The van der Waals surface area contributed by atoms with Crippen LogP contribution in [-0.4, -0.2) is 51.1 Å². The first-order valence-electron chi connectivity index (χ1n) is 9.79. The van der Waals surface area contributed by atoms with Crippen molar-refractivity contribution in [1.29, 1.82) is 0 Å². The molecule has 1 aromatic heterocycles. The smallest absolute Gasteiger partial charge is 0.230 e. The lowest BCUT2D eigenvalue weighted by Crippen LogP contribution is -2.30.